The normalized spacial score (nSPS) is 10.5. The first-order valence-corrected chi connectivity index (χ1v) is 4.42. The number of nitrogen functional groups attached to an aromatic ring is 1. The van der Waals surface area contributed by atoms with Gasteiger partial charge in [0.1, 0.15) is 5.82 Å². The van der Waals surface area contributed by atoms with Gasteiger partial charge < -0.3 is 5.43 Å². The SMILES string of the molecule is Cc1ccc2nc(C)nc(NN)c2c1. The van der Waals surface area contributed by atoms with E-state index >= 15 is 0 Å². The number of aryl methyl sites for hydroxylation is 2. The summed E-state index contributed by atoms with van der Waals surface area (Å²) in [5.41, 5.74) is 4.67. The second-order valence-corrected chi connectivity index (χ2v) is 3.28. The molecule has 0 spiro atoms. The van der Waals surface area contributed by atoms with Crippen LogP contribution in [0, 0.1) is 13.8 Å². The molecule has 0 saturated heterocycles. The molecule has 2 rings (SSSR count). The molecule has 3 N–H and O–H groups in total. The van der Waals surface area contributed by atoms with Crippen molar-refractivity contribution in [3.8, 4) is 0 Å². The molecule has 0 aliphatic heterocycles. The highest BCUT2D eigenvalue weighted by Gasteiger charge is 2.03. The average molecular weight is 188 g/mol. The minimum atomic E-state index is 0.677. The molecule has 0 bridgehead atoms. The van der Waals surface area contributed by atoms with Gasteiger partial charge in [-0.05, 0) is 26.0 Å². The van der Waals surface area contributed by atoms with Gasteiger partial charge in [0, 0.05) is 5.39 Å². The molecule has 0 amide bonds. The third kappa shape index (κ3) is 1.40. The van der Waals surface area contributed by atoms with Crippen LogP contribution in [-0.4, -0.2) is 9.97 Å². The summed E-state index contributed by atoms with van der Waals surface area (Å²) < 4.78 is 0. The van der Waals surface area contributed by atoms with E-state index in [-0.39, 0.29) is 0 Å². The Morgan fingerprint density at radius 3 is 2.71 bits per heavy atom. The molecule has 0 fully saturated rings. The highest BCUT2D eigenvalue weighted by atomic mass is 15.3. The minimum Gasteiger partial charge on any atom is -0.308 e. The molecule has 1 heterocycles. The van der Waals surface area contributed by atoms with Crippen molar-refractivity contribution in [3.63, 3.8) is 0 Å². The maximum absolute atomic E-state index is 5.39. The number of benzene rings is 1. The number of anilines is 1. The largest absolute Gasteiger partial charge is 0.308 e. The highest BCUT2D eigenvalue weighted by Crippen LogP contribution is 2.20. The Morgan fingerprint density at radius 2 is 2.00 bits per heavy atom. The molecule has 72 valence electrons. The van der Waals surface area contributed by atoms with Gasteiger partial charge in [-0.2, -0.15) is 0 Å². The first kappa shape index (κ1) is 8.90. The number of aromatic nitrogens is 2. The van der Waals surface area contributed by atoms with Gasteiger partial charge in [0.05, 0.1) is 5.52 Å². The zero-order valence-electron chi connectivity index (χ0n) is 8.20. The first-order valence-electron chi connectivity index (χ1n) is 4.42. The van der Waals surface area contributed by atoms with E-state index in [0.717, 1.165) is 10.9 Å². The fraction of sp³-hybridized carbons (Fsp3) is 0.200. The fourth-order valence-electron chi connectivity index (χ4n) is 1.47. The number of hydrogen-bond donors (Lipinski definition) is 2. The molecule has 0 atom stereocenters. The molecule has 14 heavy (non-hydrogen) atoms. The summed E-state index contributed by atoms with van der Waals surface area (Å²) >= 11 is 0. The predicted molar refractivity (Wildman–Crippen MR) is 56.8 cm³/mol. The van der Waals surface area contributed by atoms with Crippen LogP contribution in [0.15, 0.2) is 18.2 Å². The lowest BCUT2D eigenvalue weighted by Crippen LogP contribution is -2.10. The van der Waals surface area contributed by atoms with E-state index in [2.05, 4.69) is 15.4 Å². The Bertz CT molecular complexity index is 479. The van der Waals surface area contributed by atoms with Crippen molar-refractivity contribution >= 4 is 16.7 Å². The molecular weight excluding hydrogens is 176 g/mol. The zero-order valence-corrected chi connectivity index (χ0v) is 8.20. The van der Waals surface area contributed by atoms with Crippen LogP contribution in [0.2, 0.25) is 0 Å². The molecule has 0 unspecified atom stereocenters. The summed E-state index contributed by atoms with van der Waals surface area (Å²) in [5.74, 6) is 6.79. The van der Waals surface area contributed by atoms with Crippen LogP contribution in [0.4, 0.5) is 5.82 Å². The van der Waals surface area contributed by atoms with Crippen molar-refractivity contribution in [2.75, 3.05) is 5.43 Å². The van der Waals surface area contributed by atoms with E-state index in [4.69, 9.17) is 5.84 Å². The Labute approximate surface area is 82.1 Å². The number of hydrogen-bond acceptors (Lipinski definition) is 4. The van der Waals surface area contributed by atoms with Crippen LogP contribution in [0.3, 0.4) is 0 Å². The smallest absolute Gasteiger partial charge is 0.151 e. The molecular formula is C10H12N4. The minimum absolute atomic E-state index is 0.677. The van der Waals surface area contributed by atoms with Gasteiger partial charge in [0.25, 0.3) is 0 Å². The van der Waals surface area contributed by atoms with Crippen LogP contribution in [0.25, 0.3) is 10.9 Å². The topological polar surface area (TPSA) is 63.8 Å². The molecule has 0 aliphatic carbocycles. The van der Waals surface area contributed by atoms with Crippen LogP contribution in [0.5, 0.6) is 0 Å². The summed E-state index contributed by atoms with van der Waals surface area (Å²) in [7, 11) is 0. The second-order valence-electron chi connectivity index (χ2n) is 3.28. The molecule has 4 nitrogen and oxygen atoms in total. The Kier molecular flexibility index (Phi) is 2.05. The quantitative estimate of drug-likeness (QED) is 0.526. The van der Waals surface area contributed by atoms with E-state index in [0.29, 0.717) is 11.6 Å². The lowest BCUT2D eigenvalue weighted by Gasteiger charge is -2.06. The van der Waals surface area contributed by atoms with Crippen molar-refractivity contribution in [2.24, 2.45) is 5.84 Å². The summed E-state index contributed by atoms with van der Waals surface area (Å²) in [5, 5.41) is 0.957. The monoisotopic (exact) mass is 188 g/mol. The Morgan fingerprint density at radius 1 is 1.21 bits per heavy atom. The van der Waals surface area contributed by atoms with Crippen molar-refractivity contribution in [1.82, 2.24) is 9.97 Å². The van der Waals surface area contributed by atoms with Gasteiger partial charge in [-0.15, -0.1) is 0 Å². The van der Waals surface area contributed by atoms with Crippen molar-refractivity contribution in [2.45, 2.75) is 13.8 Å². The van der Waals surface area contributed by atoms with Gasteiger partial charge in [-0.1, -0.05) is 11.6 Å². The van der Waals surface area contributed by atoms with Gasteiger partial charge >= 0.3 is 0 Å². The second kappa shape index (κ2) is 3.23. The maximum atomic E-state index is 5.39. The fourth-order valence-corrected chi connectivity index (χ4v) is 1.47. The summed E-state index contributed by atoms with van der Waals surface area (Å²) in [6, 6.07) is 6.01. The number of rotatable bonds is 1. The highest BCUT2D eigenvalue weighted by molar-refractivity contribution is 5.89. The number of hydrazine groups is 1. The average Bonchev–Trinajstić information content (AvgIpc) is 2.17. The maximum Gasteiger partial charge on any atom is 0.151 e. The van der Waals surface area contributed by atoms with Crippen molar-refractivity contribution < 1.29 is 0 Å². The lowest BCUT2D eigenvalue weighted by molar-refractivity contribution is 1.08. The van der Waals surface area contributed by atoms with E-state index in [1.54, 1.807) is 0 Å². The molecule has 0 saturated carbocycles. The molecule has 0 radical (unpaired) electrons. The van der Waals surface area contributed by atoms with Crippen molar-refractivity contribution in [3.05, 3.63) is 29.6 Å². The first-order chi connectivity index (χ1) is 6.70. The molecule has 2 aromatic rings. The number of nitrogens with one attached hydrogen (secondary N) is 1. The van der Waals surface area contributed by atoms with Crippen LogP contribution in [0.1, 0.15) is 11.4 Å². The lowest BCUT2D eigenvalue weighted by atomic mass is 10.1. The Hall–Kier alpha value is -1.68. The molecule has 0 aliphatic rings. The van der Waals surface area contributed by atoms with E-state index in [1.807, 2.05) is 32.0 Å². The van der Waals surface area contributed by atoms with Gasteiger partial charge in [-0.3, -0.25) is 0 Å². The van der Waals surface area contributed by atoms with Crippen molar-refractivity contribution in [1.29, 1.82) is 0 Å². The molecule has 1 aromatic heterocycles. The van der Waals surface area contributed by atoms with E-state index < -0.39 is 0 Å². The van der Waals surface area contributed by atoms with Crippen LogP contribution < -0.4 is 11.3 Å². The van der Waals surface area contributed by atoms with Gasteiger partial charge in [0.15, 0.2) is 5.82 Å². The zero-order chi connectivity index (χ0) is 10.1. The van der Waals surface area contributed by atoms with E-state index in [1.165, 1.54) is 5.56 Å². The standard InChI is InChI=1S/C10H12N4/c1-6-3-4-9-8(5-6)10(14-11)13-7(2)12-9/h3-5H,11H2,1-2H3,(H,12,13,14). The number of fused-ring (bicyclic) bond motifs is 1. The van der Waals surface area contributed by atoms with Gasteiger partial charge in [0.2, 0.25) is 0 Å². The van der Waals surface area contributed by atoms with Crippen LogP contribution in [-0.2, 0) is 0 Å². The van der Waals surface area contributed by atoms with E-state index in [9.17, 15) is 0 Å². The molecule has 1 aromatic carbocycles. The number of nitrogens with zero attached hydrogens (tertiary/aromatic N) is 2. The summed E-state index contributed by atoms with van der Waals surface area (Å²) in [4.78, 5) is 8.53. The Balaban J connectivity index is 2.81. The summed E-state index contributed by atoms with van der Waals surface area (Å²) in [6.07, 6.45) is 0. The third-order valence-electron chi connectivity index (χ3n) is 2.10. The molecule has 4 heteroatoms. The van der Waals surface area contributed by atoms with Gasteiger partial charge in [-0.25, -0.2) is 15.8 Å². The van der Waals surface area contributed by atoms with Crippen LogP contribution >= 0.6 is 0 Å². The predicted octanol–water partition coefficient (Wildman–Crippen LogP) is 1.53. The number of nitrogens with two attached hydrogens (primary N) is 1. The third-order valence-corrected chi connectivity index (χ3v) is 2.10. The summed E-state index contributed by atoms with van der Waals surface area (Å²) in [6.45, 7) is 3.87.